The van der Waals surface area contributed by atoms with Crippen LogP contribution in [0.3, 0.4) is 0 Å². The Balaban J connectivity index is 1.87. The maximum absolute atomic E-state index is 13.1. The van der Waals surface area contributed by atoms with Crippen molar-refractivity contribution in [2.24, 2.45) is 5.92 Å². The third-order valence-electron chi connectivity index (χ3n) is 3.19. The van der Waals surface area contributed by atoms with Gasteiger partial charge in [0.25, 0.3) is 0 Å². The fourth-order valence-corrected chi connectivity index (χ4v) is 2.53. The monoisotopic (exact) mass is 348 g/mol. The number of rotatable bonds is 3. The van der Waals surface area contributed by atoms with Gasteiger partial charge in [-0.3, -0.25) is 5.32 Å². The molecular weight excluding hydrogens is 334 g/mol. The summed E-state index contributed by atoms with van der Waals surface area (Å²) in [6.07, 6.45) is 0.310. The second-order valence-electron chi connectivity index (χ2n) is 4.89. The highest BCUT2D eigenvalue weighted by molar-refractivity contribution is 9.10. The smallest absolute Gasteiger partial charge is 0.411 e. The van der Waals surface area contributed by atoms with E-state index in [4.69, 9.17) is 4.74 Å². The summed E-state index contributed by atoms with van der Waals surface area (Å²) in [4.78, 5) is 13.8. The molecular formula is C13H15BrF2N2O2. The Labute approximate surface area is 124 Å². The molecule has 7 heteroatoms. The first-order valence-electron chi connectivity index (χ1n) is 6.22. The Morgan fingerprint density at radius 3 is 2.85 bits per heavy atom. The van der Waals surface area contributed by atoms with Crippen LogP contribution in [-0.4, -0.2) is 37.7 Å². The largest absolute Gasteiger partial charge is 0.449 e. The van der Waals surface area contributed by atoms with Crippen LogP contribution in [0, 0.1) is 17.6 Å². The predicted octanol–water partition coefficient (Wildman–Crippen LogP) is 3.23. The number of likely N-dealkylation sites (tertiary alicyclic amines) is 1. The first-order chi connectivity index (χ1) is 9.45. The molecule has 110 valence electrons. The van der Waals surface area contributed by atoms with E-state index in [0.29, 0.717) is 12.5 Å². The van der Waals surface area contributed by atoms with Crippen molar-refractivity contribution in [3.05, 3.63) is 28.2 Å². The molecule has 1 amide bonds. The van der Waals surface area contributed by atoms with Gasteiger partial charge in [0.2, 0.25) is 0 Å². The predicted molar refractivity (Wildman–Crippen MR) is 74.6 cm³/mol. The number of anilines is 1. The Bertz CT molecular complexity index is 513. The molecule has 1 aliphatic rings. The van der Waals surface area contributed by atoms with E-state index in [1.807, 2.05) is 7.05 Å². The van der Waals surface area contributed by atoms with Crippen molar-refractivity contribution in [3.63, 3.8) is 0 Å². The first kappa shape index (κ1) is 15.2. The van der Waals surface area contributed by atoms with Crippen LogP contribution in [-0.2, 0) is 4.74 Å². The van der Waals surface area contributed by atoms with Gasteiger partial charge in [-0.25, -0.2) is 13.6 Å². The quantitative estimate of drug-likeness (QED) is 0.852. The molecule has 1 atom stereocenters. The van der Waals surface area contributed by atoms with Crippen LogP contribution in [0.15, 0.2) is 16.6 Å². The Kier molecular flexibility index (Phi) is 4.93. The molecule has 0 aliphatic carbocycles. The van der Waals surface area contributed by atoms with Crippen molar-refractivity contribution in [2.45, 2.75) is 6.42 Å². The van der Waals surface area contributed by atoms with Crippen molar-refractivity contribution in [1.82, 2.24) is 4.90 Å². The number of nitrogens with one attached hydrogen (secondary N) is 1. The lowest BCUT2D eigenvalue weighted by atomic mass is 10.1. The Morgan fingerprint density at radius 2 is 2.20 bits per heavy atom. The Hall–Kier alpha value is -1.21. The van der Waals surface area contributed by atoms with E-state index in [-0.39, 0.29) is 10.2 Å². The van der Waals surface area contributed by atoms with E-state index in [1.54, 1.807) is 0 Å². The summed E-state index contributed by atoms with van der Waals surface area (Å²) in [6, 6.07) is 1.86. The molecule has 0 spiro atoms. The van der Waals surface area contributed by atoms with Crippen LogP contribution in [0.1, 0.15) is 6.42 Å². The maximum Gasteiger partial charge on any atom is 0.411 e. The zero-order chi connectivity index (χ0) is 14.7. The summed E-state index contributed by atoms with van der Waals surface area (Å²) < 4.78 is 31.4. The van der Waals surface area contributed by atoms with Gasteiger partial charge < -0.3 is 9.64 Å². The van der Waals surface area contributed by atoms with Gasteiger partial charge in [-0.2, -0.15) is 0 Å². The van der Waals surface area contributed by atoms with Crippen molar-refractivity contribution < 1.29 is 18.3 Å². The lowest BCUT2D eigenvalue weighted by Gasteiger charge is -2.12. The van der Waals surface area contributed by atoms with E-state index in [0.717, 1.165) is 31.6 Å². The molecule has 0 aromatic heterocycles. The summed E-state index contributed by atoms with van der Waals surface area (Å²) in [5, 5.41) is 2.39. The molecule has 0 unspecified atom stereocenters. The van der Waals surface area contributed by atoms with E-state index in [1.165, 1.54) is 0 Å². The second kappa shape index (κ2) is 6.49. The highest BCUT2D eigenvalue weighted by Crippen LogP contribution is 2.25. The standard InChI is InChI=1S/C13H15BrF2N2O2/c1-18-3-2-8(6-18)7-20-13(19)17-12-5-11(16)10(15)4-9(12)14/h4-5,8H,2-3,6-7H2,1H3,(H,17,19)/t8-/m1/s1. The van der Waals surface area contributed by atoms with Crippen LogP contribution >= 0.6 is 15.9 Å². The van der Waals surface area contributed by atoms with Gasteiger partial charge in [0, 0.05) is 23.0 Å². The molecule has 20 heavy (non-hydrogen) atoms. The molecule has 1 heterocycles. The minimum atomic E-state index is -1.03. The summed E-state index contributed by atoms with van der Waals surface area (Å²) in [5.41, 5.74) is 0.137. The van der Waals surface area contributed by atoms with Crippen LogP contribution < -0.4 is 5.32 Å². The first-order valence-corrected chi connectivity index (χ1v) is 7.02. The minimum Gasteiger partial charge on any atom is -0.449 e. The maximum atomic E-state index is 13.1. The van der Waals surface area contributed by atoms with Gasteiger partial charge in [0.1, 0.15) is 0 Å². The van der Waals surface area contributed by atoms with E-state index < -0.39 is 17.7 Å². The number of amides is 1. The minimum absolute atomic E-state index is 0.137. The topological polar surface area (TPSA) is 41.6 Å². The Morgan fingerprint density at radius 1 is 1.50 bits per heavy atom. The third kappa shape index (κ3) is 3.89. The van der Waals surface area contributed by atoms with Crippen molar-refractivity contribution in [3.8, 4) is 0 Å². The number of ether oxygens (including phenoxy) is 1. The van der Waals surface area contributed by atoms with Crippen LogP contribution in [0.25, 0.3) is 0 Å². The number of hydrogen-bond acceptors (Lipinski definition) is 3. The van der Waals surface area contributed by atoms with Crippen LogP contribution in [0.5, 0.6) is 0 Å². The van der Waals surface area contributed by atoms with Gasteiger partial charge in [0.05, 0.1) is 12.3 Å². The number of carbonyl (C=O) groups is 1. The second-order valence-corrected chi connectivity index (χ2v) is 5.74. The fourth-order valence-electron chi connectivity index (χ4n) is 2.12. The summed E-state index contributed by atoms with van der Waals surface area (Å²) in [7, 11) is 2.01. The lowest BCUT2D eigenvalue weighted by molar-refractivity contribution is 0.142. The summed E-state index contributed by atoms with van der Waals surface area (Å²) in [6.45, 7) is 2.20. The molecule has 1 aliphatic heterocycles. The lowest BCUT2D eigenvalue weighted by Crippen LogP contribution is -2.21. The normalized spacial score (nSPS) is 19.1. The van der Waals surface area contributed by atoms with Gasteiger partial charge in [-0.05, 0) is 42.0 Å². The van der Waals surface area contributed by atoms with E-state index in [9.17, 15) is 13.6 Å². The molecule has 0 radical (unpaired) electrons. The van der Waals surface area contributed by atoms with Crippen molar-refractivity contribution in [1.29, 1.82) is 0 Å². The SMILES string of the molecule is CN1CC[C@@H](COC(=O)Nc2cc(F)c(F)cc2Br)C1. The molecule has 1 saturated heterocycles. The molecule has 1 aromatic rings. The molecule has 4 nitrogen and oxygen atoms in total. The molecule has 1 fully saturated rings. The average molecular weight is 349 g/mol. The van der Waals surface area contributed by atoms with Crippen LogP contribution in [0.4, 0.5) is 19.3 Å². The molecule has 0 bridgehead atoms. The van der Waals surface area contributed by atoms with Crippen LogP contribution in [0.2, 0.25) is 0 Å². The van der Waals surface area contributed by atoms with Gasteiger partial charge in [-0.15, -0.1) is 0 Å². The van der Waals surface area contributed by atoms with Crippen molar-refractivity contribution in [2.75, 3.05) is 32.1 Å². The molecule has 1 aromatic carbocycles. The molecule has 1 N–H and O–H groups in total. The average Bonchev–Trinajstić information content (AvgIpc) is 2.79. The number of carbonyl (C=O) groups excluding carboxylic acids is 1. The zero-order valence-corrected chi connectivity index (χ0v) is 12.5. The molecule has 2 rings (SSSR count). The zero-order valence-electron chi connectivity index (χ0n) is 11.0. The fraction of sp³-hybridized carbons (Fsp3) is 0.462. The van der Waals surface area contributed by atoms with E-state index >= 15 is 0 Å². The number of nitrogens with zero attached hydrogens (tertiary/aromatic N) is 1. The summed E-state index contributed by atoms with van der Waals surface area (Å²) >= 11 is 3.05. The molecule has 0 saturated carbocycles. The number of hydrogen-bond donors (Lipinski definition) is 1. The number of benzene rings is 1. The number of halogens is 3. The van der Waals surface area contributed by atoms with E-state index in [2.05, 4.69) is 26.1 Å². The summed E-state index contributed by atoms with van der Waals surface area (Å²) in [5.74, 6) is -1.69. The van der Waals surface area contributed by atoms with Crippen molar-refractivity contribution >= 4 is 27.7 Å². The third-order valence-corrected chi connectivity index (χ3v) is 3.84. The highest BCUT2D eigenvalue weighted by Gasteiger charge is 2.21. The van der Waals surface area contributed by atoms with Gasteiger partial charge in [0.15, 0.2) is 11.6 Å². The highest BCUT2D eigenvalue weighted by atomic mass is 79.9. The van der Waals surface area contributed by atoms with Gasteiger partial charge >= 0.3 is 6.09 Å². The van der Waals surface area contributed by atoms with Gasteiger partial charge in [-0.1, -0.05) is 0 Å².